The van der Waals surface area contributed by atoms with E-state index in [0.29, 0.717) is 22.5 Å². The summed E-state index contributed by atoms with van der Waals surface area (Å²) in [7, 11) is 0. The molecule has 0 heterocycles. The van der Waals surface area contributed by atoms with Gasteiger partial charge in [0.1, 0.15) is 23.3 Å². The van der Waals surface area contributed by atoms with Gasteiger partial charge in [-0.2, -0.15) is 10.5 Å². The van der Waals surface area contributed by atoms with Gasteiger partial charge in [-0.05, 0) is 91.4 Å². The summed E-state index contributed by atoms with van der Waals surface area (Å²) in [5, 5.41) is 24.7. The maximum absolute atomic E-state index is 12.7. The van der Waals surface area contributed by atoms with Gasteiger partial charge in [-0.25, -0.2) is 0 Å². The quantitative estimate of drug-likeness (QED) is 0.337. The van der Waals surface area contributed by atoms with E-state index in [9.17, 15) is 20.1 Å². The third kappa shape index (κ3) is 6.14. The van der Waals surface area contributed by atoms with E-state index in [1.807, 2.05) is 64.1 Å². The molecule has 2 N–H and O–H groups in total. The van der Waals surface area contributed by atoms with E-state index >= 15 is 0 Å². The topological polar surface area (TPSA) is 106 Å². The van der Waals surface area contributed by atoms with E-state index in [-0.39, 0.29) is 11.1 Å². The lowest BCUT2D eigenvalue weighted by Crippen LogP contribution is -2.14. The van der Waals surface area contributed by atoms with Gasteiger partial charge in [-0.3, -0.25) is 9.59 Å². The van der Waals surface area contributed by atoms with Crippen LogP contribution < -0.4 is 10.6 Å². The first-order valence-electron chi connectivity index (χ1n) is 11.3. The fraction of sp³-hybridized carbons (Fsp3) is 0.133. The Morgan fingerprint density at radius 1 is 0.667 bits per heavy atom. The van der Waals surface area contributed by atoms with Crippen molar-refractivity contribution in [1.82, 2.24) is 0 Å². The average molecular weight is 475 g/mol. The lowest BCUT2D eigenvalue weighted by Gasteiger charge is -2.10. The van der Waals surface area contributed by atoms with Crippen LogP contribution in [0.5, 0.6) is 0 Å². The molecule has 6 heteroatoms. The van der Waals surface area contributed by atoms with Crippen molar-refractivity contribution in [2.45, 2.75) is 27.7 Å². The molecule has 0 aliphatic carbocycles. The van der Waals surface area contributed by atoms with E-state index in [2.05, 4.69) is 10.6 Å². The lowest BCUT2D eigenvalue weighted by molar-refractivity contribution is -0.113. The zero-order valence-electron chi connectivity index (χ0n) is 20.6. The van der Waals surface area contributed by atoms with Gasteiger partial charge in [0.2, 0.25) is 0 Å². The van der Waals surface area contributed by atoms with Crippen molar-refractivity contribution in [3.63, 3.8) is 0 Å². The predicted molar refractivity (Wildman–Crippen MR) is 143 cm³/mol. The normalized spacial score (nSPS) is 11.3. The lowest BCUT2D eigenvalue weighted by atomic mass is 10.0. The molecular formula is C30H26N4O2. The Morgan fingerprint density at radius 2 is 1.06 bits per heavy atom. The average Bonchev–Trinajstić information content (AvgIpc) is 2.86. The summed E-state index contributed by atoms with van der Waals surface area (Å²) in [6, 6.07) is 21.9. The maximum atomic E-state index is 12.7. The Morgan fingerprint density at radius 3 is 1.44 bits per heavy atom. The maximum Gasteiger partial charge on any atom is 0.266 e. The monoisotopic (exact) mass is 474 g/mol. The van der Waals surface area contributed by atoms with Crippen molar-refractivity contribution in [3.8, 4) is 12.1 Å². The second-order valence-electron chi connectivity index (χ2n) is 8.41. The summed E-state index contributed by atoms with van der Waals surface area (Å²) in [6.45, 7) is 7.70. The molecule has 0 saturated heterocycles. The molecule has 6 nitrogen and oxygen atoms in total. The highest BCUT2D eigenvalue weighted by molar-refractivity contribution is 6.11. The second-order valence-corrected chi connectivity index (χ2v) is 8.41. The van der Waals surface area contributed by atoms with Gasteiger partial charge in [-0.1, -0.05) is 42.5 Å². The third-order valence-electron chi connectivity index (χ3n) is 5.97. The highest BCUT2D eigenvalue weighted by Gasteiger charge is 2.13. The molecule has 3 aromatic carbocycles. The standard InChI is InChI=1S/C30H26N4O2/c1-19-8-5-12-27(21(19)3)33-29(35)25(17-31)15-23-10-7-11-24(14-23)16-26(18-32)30(36)34-28-13-6-9-20(2)22(28)4/h5-16H,1-4H3,(H,33,35)(H,34,36)/b25-15+,26-16+. The van der Waals surface area contributed by atoms with Crippen LogP contribution in [0.1, 0.15) is 33.4 Å². The van der Waals surface area contributed by atoms with E-state index in [0.717, 1.165) is 22.3 Å². The van der Waals surface area contributed by atoms with Crippen LogP contribution in [0.2, 0.25) is 0 Å². The van der Waals surface area contributed by atoms with Crippen molar-refractivity contribution in [2.75, 3.05) is 10.6 Å². The molecule has 0 saturated carbocycles. The highest BCUT2D eigenvalue weighted by atomic mass is 16.2. The minimum atomic E-state index is -0.516. The van der Waals surface area contributed by atoms with Crippen molar-refractivity contribution < 1.29 is 9.59 Å². The third-order valence-corrected chi connectivity index (χ3v) is 5.97. The number of benzene rings is 3. The molecule has 178 valence electrons. The Kier molecular flexibility index (Phi) is 8.18. The summed E-state index contributed by atoms with van der Waals surface area (Å²) >= 11 is 0. The summed E-state index contributed by atoms with van der Waals surface area (Å²) in [5.74, 6) is -1.03. The second kappa shape index (κ2) is 11.5. The van der Waals surface area contributed by atoms with E-state index in [1.165, 1.54) is 12.2 Å². The molecule has 0 atom stereocenters. The first-order chi connectivity index (χ1) is 17.2. The molecule has 0 spiro atoms. The number of anilines is 2. The summed E-state index contributed by atoms with van der Waals surface area (Å²) in [6.07, 6.45) is 2.94. The molecule has 0 aliphatic heterocycles. The zero-order valence-corrected chi connectivity index (χ0v) is 20.6. The molecule has 3 aromatic rings. The summed E-state index contributed by atoms with van der Waals surface area (Å²) in [5.41, 5.74) is 6.26. The number of aryl methyl sites for hydroxylation is 2. The minimum absolute atomic E-state index is 0.0646. The van der Waals surface area contributed by atoms with Crippen LogP contribution in [0.4, 0.5) is 11.4 Å². The van der Waals surface area contributed by atoms with Gasteiger partial charge >= 0.3 is 0 Å². The number of carbonyl (C=O) groups excluding carboxylic acids is 2. The molecule has 0 radical (unpaired) electrons. The van der Waals surface area contributed by atoms with Crippen LogP contribution in [-0.2, 0) is 9.59 Å². The minimum Gasteiger partial charge on any atom is -0.321 e. The van der Waals surface area contributed by atoms with E-state index < -0.39 is 11.8 Å². The molecule has 0 aromatic heterocycles. The van der Waals surface area contributed by atoms with Crippen LogP contribution >= 0.6 is 0 Å². The van der Waals surface area contributed by atoms with Gasteiger partial charge in [0.15, 0.2) is 0 Å². The van der Waals surface area contributed by atoms with Crippen LogP contribution in [0.25, 0.3) is 12.2 Å². The van der Waals surface area contributed by atoms with Gasteiger partial charge in [0.05, 0.1) is 0 Å². The van der Waals surface area contributed by atoms with Crippen molar-refractivity contribution in [3.05, 3.63) is 105 Å². The first-order valence-corrected chi connectivity index (χ1v) is 11.3. The van der Waals surface area contributed by atoms with Crippen LogP contribution in [0.3, 0.4) is 0 Å². The Balaban J connectivity index is 1.83. The molecule has 0 bridgehead atoms. The number of nitrogens with one attached hydrogen (secondary N) is 2. The van der Waals surface area contributed by atoms with E-state index in [4.69, 9.17) is 0 Å². The molecule has 3 rings (SSSR count). The van der Waals surface area contributed by atoms with E-state index in [1.54, 1.807) is 36.4 Å². The van der Waals surface area contributed by atoms with Gasteiger partial charge in [-0.15, -0.1) is 0 Å². The molecule has 2 amide bonds. The predicted octanol–water partition coefficient (Wildman–Crippen LogP) is 6.01. The number of hydrogen-bond acceptors (Lipinski definition) is 4. The smallest absolute Gasteiger partial charge is 0.266 e. The number of nitriles is 2. The zero-order chi connectivity index (χ0) is 26.2. The van der Waals surface area contributed by atoms with Gasteiger partial charge in [0.25, 0.3) is 11.8 Å². The van der Waals surface area contributed by atoms with Crippen LogP contribution in [0, 0.1) is 50.4 Å². The largest absolute Gasteiger partial charge is 0.321 e. The molecule has 0 unspecified atom stereocenters. The summed E-state index contributed by atoms with van der Waals surface area (Å²) in [4.78, 5) is 25.5. The van der Waals surface area contributed by atoms with Crippen LogP contribution in [0.15, 0.2) is 71.8 Å². The summed E-state index contributed by atoms with van der Waals surface area (Å²) < 4.78 is 0. The fourth-order valence-corrected chi connectivity index (χ4v) is 3.52. The molecule has 0 fully saturated rings. The molecular weight excluding hydrogens is 448 g/mol. The number of carbonyl (C=O) groups is 2. The van der Waals surface area contributed by atoms with Crippen molar-refractivity contribution in [1.29, 1.82) is 10.5 Å². The Labute approximate surface area is 211 Å². The van der Waals surface area contributed by atoms with Crippen LogP contribution in [-0.4, -0.2) is 11.8 Å². The number of rotatable bonds is 6. The molecule has 36 heavy (non-hydrogen) atoms. The Bertz CT molecular complexity index is 1370. The fourth-order valence-electron chi connectivity index (χ4n) is 3.52. The van der Waals surface area contributed by atoms with Crippen molar-refractivity contribution >= 4 is 35.3 Å². The SMILES string of the molecule is Cc1cccc(NC(=O)/C(C#N)=C/c2cccc(/C=C(\C#N)C(=O)Nc3cccc(C)c3C)c2)c1C. The number of hydrogen-bond donors (Lipinski definition) is 2. The highest BCUT2D eigenvalue weighted by Crippen LogP contribution is 2.21. The van der Waals surface area contributed by atoms with Gasteiger partial charge < -0.3 is 10.6 Å². The number of amides is 2. The Hall–Kier alpha value is -4.94. The van der Waals surface area contributed by atoms with Crippen molar-refractivity contribution in [2.24, 2.45) is 0 Å². The first kappa shape index (κ1) is 25.7. The molecule has 0 aliphatic rings. The number of nitrogens with zero attached hydrogens (tertiary/aromatic N) is 2. The van der Waals surface area contributed by atoms with Gasteiger partial charge in [0, 0.05) is 11.4 Å².